The predicted octanol–water partition coefficient (Wildman–Crippen LogP) is 4.46. The number of nitrogens with one attached hydrogen (secondary N) is 2. The smallest absolute Gasteiger partial charge is 0.330 e. The van der Waals surface area contributed by atoms with Gasteiger partial charge in [0.2, 0.25) is 0 Å². The molecule has 6 nitrogen and oxygen atoms in total. The van der Waals surface area contributed by atoms with Gasteiger partial charge < -0.3 is 25.0 Å². The summed E-state index contributed by atoms with van der Waals surface area (Å²) in [6.45, 7) is 10.8. The average molecular weight is 436 g/mol. The van der Waals surface area contributed by atoms with Crippen molar-refractivity contribution in [2.45, 2.75) is 46.5 Å². The van der Waals surface area contributed by atoms with E-state index in [0.29, 0.717) is 11.7 Å². The number of thiocarbonyl (C=S) groups is 1. The van der Waals surface area contributed by atoms with Crippen LogP contribution in [0.1, 0.15) is 52.0 Å². The largest absolute Gasteiger partial charge is 0.490 e. The number of carbonyl (C=O) groups excluding carboxylic acids is 1. The van der Waals surface area contributed by atoms with Gasteiger partial charge >= 0.3 is 5.97 Å². The number of hydrogen-bond acceptors (Lipinski definition) is 5. The van der Waals surface area contributed by atoms with E-state index in [0.717, 1.165) is 49.6 Å². The molecule has 0 unspecified atom stereocenters. The fraction of sp³-hybridized carbons (Fsp3) is 0.565. The summed E-state index contributed by atoms with van der Waals surface area (Å²) in [4.78, 5) is 13.7. The molecule has 0 saturated heterocycles. The summed E-state index contributed by atoms with van der Waals surface area (Å²) < 4.78 is 10.7. The molecule has 2 N–H and O–H groups in total. The van der Waals surface area contributed by atoms with Gasteiger partial charge in [0.1, 0.15) is 12.4 Å². The van der Waals surface area contributed by atoms with Crippen molar-refractivity contribution < 1.29 is 14.3 Å². The summed E-state index contributed by atoms with van der Waals surface area (Å²) in [5, 5.41) is 7.06. The van der Waals surface area contributed by atoms with Crippen LogP contribution in [0, 0.1) is 0 Å². The number of methoxy groups -OCH3 is 1. The Balaban J connectivity index is 2.80. The molecule has 0 atom stereocenters. The second kappa shape index (κ2) is 15.7. The Morgan fingerprint density at radius 3 is 2.60 bits per heavy atom. The van der Waals surface area contributed by atoms with Gasteiger partial charge in [0.15, 0.2) is 5.11 Å². The molecule has 0 fully saturated rings. The molecule has 1 aromatic rings. The zero-order chi connectivity index (χ0) is 22.2. The lowest BCUT2D eigenvalue weighted by molar-refractivity contribution is -0.134. The summed E-state index contributed by atoms with van der Waals surface area (Å²) in [5.41, 5.74) is 1.62. The van der Waals surface area contributed by atoms with Crippen LogP contribution >= 0.6 is 12.2 Å². The van der Waals surface area contributed by atoms with E-state index in [1.807, 2.05) is 18.2 Å². The molecule has 0 heterocycles. The predicted molar refractivity (Wildman–Crippen MR) is 129 cm³/mol. The van der Waals surface area contributed by atoms with E-state index in [2.05, 4.69) is 41.0 Å². The van der Waals surface area contributed by atoms with Gasteiger partial charge in [-0.25, -0.2) is 4.79 Å². The molecule has 0 aliphatic heterocycles. The Morgan fingerprint density at radius 2 is 1.93 bits per heavy atom. The number of rotatable bonds is 14. The first-order valence-corrected chi connectivity index (χ1v) is 11.2. The van der Waals surface area contributed by atoms with E-state index in [1.54, 1.807) is 6.08 Å². The third-order valence-corrected chi connectivity index (χ3v) is 4.99. The van der Waals surface area contributed by atoms with Gasteiger partial charge in [0.05, 0.1) is 12.8 Å². The molecule has 168 valence electrons. The summed E-state index contributed by atoms with van der Waals surface area (Å²) in [6, 6.07) is 5.71. The van der Waals surface area contributed by atoms with Gasteiger partial charge in [-0.3, -0.25) is 0 Å². The number of esters is 1. The van der Waals surface area contributed by atoms with Crippen molar-refractivity contribution >= 4 is 35.1 Å². The lowest BCUT2D eigenvalue weighted by Crippen LogP contribution is -2.30. The minimum absolute atomic E-state index is 0.395. The normalized spacial score (nSPS) is 11.0. The maximum absolute atomic E-state index is 11.4. The maximum Gasteiger partial charge on any atom is 0.330 e. The monoisotopic (exact) mass is 435 g/mol. The molecular weight excluding hydrogens is 398 g/mol. The highest BCUT2D eigenvalue weighted by atomic mass is 32.1. The molecule has 0 saturated carbocycles. The fourth-order valence-corrected chi connectivity index (χ4v) is 3.06. The van der Waals surface area contributed by atoms with Crippen LogP contribution in [0.25, 0.3) is 6.08 Å². The topological polar surface area (TPSA) is 62.8 Å². The number of nitrogens with zero attached hydrogens (tertiary/aromatic N) is 1. The minimum Gasteiger partial charge on any atom is -0.490 e. The van der Waals surface area contributed by atoms with Crippen molar-refractivity contribution in [3.05, 3.63) is 29.8 Å². The van der Waals surface area contributed by atoms with Crippen molar-refractivity contribution in [3.8, 4) is 5.75 Å². The highest BCUT2D eigenvalue weighted by molar-refractivity contribution is 7.80. The van der Waals surface area contributed by atoms with Gasteiger partial charge in [-0.05, 0) is 55.5 Å². The first-order chi connectivity index (χ1) is 14.5. The fourth-order valence-electron chi connectivity index (χ4n) is 2.85. The zero-order valence-corrected chi connectivity index (χ0v) is 19.6. The van der Waals surface area contributed by atoms with Crippen molar-refractivity contribution in [1.29, 1.82) is 0 Å². The van der Waals surface area contributed by atoms with E-state index in [4.69, 9.17) is 17.0 Å². The minimum atomic E-state index is -0.395. The van der Waals surface area contributed by atoms with Gasteiger partial charge in [0, 0.05) is 19.2 Å². The first-order valence-electron chi connectivity index (χ1n) is 10.8. The standard InChI is InChI=1S/C23H37N3O3S/c1-5-8-9-10-15-24-23(30)25-20-18-19(12-14-22(27)28-4)11-13-21(20)29-17-16-26(6-2)7-3/h11-14,18H,5-10,15-17H2,1-4H3,(H2,24,25,30)/b14-12+. The van der Waals surface area contributed by atoms with Gasteiger partial charge in [0.25, 0.3) is 0 Å². The lowest BCUT2D eigenvalue weighted by Gasteiger charge is -2.20. The second-order valence-electron chi connectivity index (χ2n) is 6.93. The van der Waals surface area contributed by atoms with Crippen LogP contribution in [-0.2, 0) is 9.53 Å². The van der Waals surface area contributed by atoms with E-state index in [1.165, 1.54) is 32.4 Å². The lowest BCUT2D eigenvalue weighted by atomic mass is 10.1. The molecule has 0 amide bonds. The van der Waals surface area contributed by atoms with Crippen LogP contribution < -0.4 is 15.4 Å². The molecule has 30 heavy (non-hydrogen) atoms. The van der Waals surface area contributed by atoms with Crippen molar-refractivity contribution in [1.82, 2.24) is 10.2 Å². The van der Waals surface area contributed by atoms with Gasteiger partial charge in [-0.15, -0.1) is 0 Å². The van der Waals surface area contributed by atoms with Crippen LogP contribution in [0.4, 0.5) is 5.69 Å². The van der Waals surface area contributed by atoms with Gasteiger partial charge in [-0.1, -0.05) is 46.1 Å². The van der Waals surface area contributed by atoms with E-state index in [-0.39, 0.29) is 0 Å². The molecule has 0 aliphatic carbocycles. The Hall–Kier alpha value is -2.12. The quantitative estimate of drug-likeness (QED) is 0.194. The van der Waals surface area contributed by atoms with Crippen LogP contribution in [0.5, 0.6) is 5.75 Å². The number of carbonyl (C=O) groups is 1. The number of hydrogen-bond donors (Lipinski definition) is 2. The second-order valence-corrected chi connectivity index (χ2v) is 7.34. The number of unbranched alkanes of at least 4 members (excludes halogenated alkanes) is 3. The third kappa shape index (κ3) is 10.6. The molecular formula is C23H37N3O3S. The number of ether oxygens (including phenoxy) is 2. The maximum atomic E-state index is 11.4. The highest BCUT2D eigenvalue weighted by Crippen LogP contribution is 2.26. The average Bonchev–Trinajstić information content (AvgIpc) is 2.76. The number of likely N-dealkylation sites (N-methyl/N-ethyl adjacent to an activating group) is 1. The van der Waals surface area contributed by atoms with Gasteiger partial charge in [-0.2, -0.15) is 0 Å². The van der Waals surface area contributed by atoms with Crippen LogP contribution in [-0.4, -0.2) is 55.9 Å². The SMILES string of the molecule is CCCCCCNC(=S)Nc1cc(/C=C/C(=O)OC)ccc1OCCN(CC)CC. The summed E-state index contributed by atoms with van der Waals surface area (Å²) >= 11 is 5.46. The first kappa shape index (κ1) is 25.9. The van der Waals surface area contributed by atoms with Crippen molar-refractivity contribution in [2.24, 2.45) is 0 Å². The molecule has 0 spiro atoms. The molecule has 0 bridgehead atoms. The Morgan fingerprint density at radius 1 is 1.17 bits per heavy atom. The van der Waals surface area contributed by atoms with Crippen LogP contribution in [0.2, 0.25) is 0 Å². The molecule has 0 aliphatic rings. The molecule has 7 heteroatoms. The molecule has 1 rings (SSSR count). The zero-order valence-electron chi connectivity index (χ0n) is 18.8. The van der Waals surface area contributed by atoms with Crippen LogP contribution in [0.3, 0.4) is 0 Å². The summed E-state index contributed by atoms with van der Waals surface area (Å²) in [7, 11) is 1.36. The summed E-state index contributed by atoms with van der Waals surface area (Å²) in [6.07, 6.45) is 7.83. The molecule has 1 aromatic carbocycles. The van der Waals surface area contributed by atoms with E-state index < -0.39 is 5.97 Å². The Kier molecular flexibility index (Phi) is 13.5. The number of anilines is 1. The van der Waals surface area contributed by atoms with Crippen molar-refractivity contribution in [2.75, 3.05) is 45.2 Å². The summed E-state index contributed by atoms with van der Waals surface area (Å²) in [5.74, 6) is 0.334. The van der Waals surface area contributed by atoms with E-state index in [9.17, 15) is 4.79 Å². The third-order valence-electron chi connectivity index (χ3n) is 4.74. The highest BCUT2D eigenvalue weighted by Gasteiger charge is 2.08. The molecule has 0 aromatic heterocycles. The number of benzene rings is 1. The van der Waals surface area contributed by atoms with Crippen molar-refractivity contribution in [3.63, 3.8) is 0 Å². The Bertz CT molecular complexity index is 676. The Labute approximate surface area is 187 Å². The molecule has 0 radical (unpaired) electrons. The van der Waals surface area contributed by atoms with E-state index >= 15 is 0 Å². The van der Waals surface area contributed by atoms with Crippen LogP contribution in [0.15, 0.2) is 24.3 Å².